The Kier molecular flexibility index (Phi) is 12.4. The van der Waals surface area contributed by atoms with Crippen molar-refractivity contribution in [1.82, 2.24) is 0 Å². The molecular formula is C15H26O5. The van der Waals surface area contributed by atoms with E-state index in [9.17, 15) is 10.2 Å². The third-order valence-electron chi connectivity index (χ3n) is 2.55. The van der Waals surface area contributed by atoms with Crippen LogP contribution in [0.25, 0.3) is 0 Å². The van der Waals surface area contributed by atoms with Gasteiger partial charge in [0, 0.05) is 0 Å². The molecule has 0 amide bonds. The smallest absolute Gasteiger partial charge is 0.0652 e. The van der Waals surface area contributed by atoms with Crippen molar-refractivity contribution >= 4 is 0 Å². The first-order valence-electron chi connectivity index (χ1n) is 6.56. The van der Waals surface area contributed by atoms with Crippen LogP contribution in [0.5, 0.6) is 0 Å². The number of hydrogen-bond acceptors (Lipinski definition) is 5. The van der Waals surface area contributed by atoms with Crippen molar-refractivity contribution in [2.45, 2.75) is 0 Å². The molecule has 0 aromatic rings. The predicted octanol–water partition coefficient (Wildman–Crippen LogP) is 0.935. The molecule has 0 aliphatic rings. The molecule has 5 heteroatoms. The molecule has 0 saturated heterocycles. The van der Waals surface area contributed by atoms with Gasteiger partial charge in [-0.15, -0.1) is 13.2 Å². The van der Waals surface area contributed by atoms with E-state index in [-0.39, 0.29) is 26.4 Å². The van der Waals surface area contributed by atoms with E-state index in [1.165, 1.54) is 0 Å². The highest BCUT2D eigenvalue weighted by Gasteiger charge is 2.29. The Morgan fingerprint density at radius 2 is 1.20 bits per heavy atom. The minimum Gasteiger partial charge on any atom is -0.396 e. The van der Waals surface area contributed by atoms with Crippen molar-refractivity contribution in [3.05, 3.63) is 37.5 Å². The van der Waals surface area contributed by atoms with E-state index in [0.29, 0.717) is 26.4 Å². The molecule has 0 fully saturated rings. The number of hydrogen-bond donors (Lipinski definition) is 2. The summed E-state index contributed by atoms with van der Waals surface area (Å²) >= 11 is 0. The average Bonchev–Trinajstić information content (AvgIpc) is 2.48. The van der Waals surface area contributed by atoms with Crippen molar-refractivity contribution in [3.63, 3.8) is 0 Å². The molecule has 0 aromatic carbocycles. The van der Waals surface area contributed by atoms with Crippen molar-refractivity contribution in [3.8, 4) is 0 Å². The summed E-state index contributed by atoms with van der Waals surface area (Å²) in [6.07, 6.45) is 6.97. The molecule has 0 radical (unpaired) electrons. The molecule has 20 heavy (non-hydrogen) atoms. The lowest BCUT2D eigenvalue weighted by molar-refractivity contribution is -0.0684. The van der Waals surface area contributed by atoms with Crippen LogP contribution in [0.3, 0.4) is 0 Å². The van der Waals surface area contributed by atoms with Crippen LogP contribution in [0.4, 0.5) is 0 Å². The Balaban J connectivity index is 3.89. The molecule has 0 saturated carbocycles. The average molecular weight is 286 g/mol. The van der Waals surface area contributed by atoms with Gasteiger partial charge < -0.3 is 24.4 Å². The Morgan fingerprint density at radius 3 is 1.70 bits per heavy atom. The highest BCUT2D eigenvalue weighted by molar-refractivity contribution is 4.83. The van der Waals surface area contributed by atoms with E-state index in [2.05, 4.69) is 13.2 Å². The standard InChI is InChI=1S/C15H26O5/c1-3-7-18-9-5-6-10-20-14-15(11-16,12-17)13-19-8-4-2/h3-6,16-17H,1-2,7-14H2. The van der Waals surface area contributed by atoms with Crippen LogP contribution in [-0.4, -0.2) is 63.1 Å². The van der Waals surface area contributed by atoms with E-state index in [0.717, 1.165) is 0 Å². The maximum atomic E-state index is 9.38. The second-order valence-electron chi connectivity index (χ2n) is 4.43. The lowest BCUT2D eigenvalue weighted by atomic mass is 9.92. The Hall–Kier alpha value is -0.980. The highest BCUT2D eigenvalue weighted by Crippen LogP contribution is 2.17. The second kappa shape index (κ2) is 13.0. The van der Waals surface area contributed by atoms with Crippen LogP contribution in [0, 0.1) is 5.41 Å². The van der Waals surface area contributed by atoms with Crippen LogP contribution < -0.4 is 0 Å². The van der Waals surface area contributed by atoms with E-state index in [1.807, 2.05) is 12.2 Å². The minimum atomic E-state index is -0.782. The summed E-state index contributed by atoms with van der Waals surface area (Å²) < 4.78 is 15.9. The zero-order valence-electron chi connectivity index (χ0n) is 12.0. The van der Waals surface area contributed by atoms with Gasteiger partial charge in [0.1, 0.15) is 0 Å². The number of aliphatic hydroxyl groups is 2. The van der Waals surface area contributed by atoms with Crippen molar-refractivity contribution < 1.29 is 24.4 Å². The molecule has 0 rings (SSSR count). The topological polar surface area (TPSA) is 68.2 Å². The van der Waals surface area contributed by atoms with Crippen LogP contribution in [0.2, 0.25) is 0 Å². The molecule has 2 N–H and O–H groups in total. The summed E-state index contributed by atoms with van der Waals surface area (Å²) in [5, 5.41) is 18.8. The molecular weight excluding hydrogens is 260 g/mol. The summed E-state index contributed by atoms with van der Waals surface area (Å²) in [7, 11) is 0. The van der Waals surface area contributed by atoms with E-state index in [1.54, 1.807) is 12.2 Å². The van der Waals surface area contributed by atoms with E-state index >= 15 is 0 Å². The molecule has 0 heterocycles. The van der Waals surface area contributed by atoms with Gasteiger partial charge in [-0.05, 0) is 0 Å². The van der Waals surface area contributed by atoms with Crippen LogP contribution >= 0.6 is 0 Å². The van der Waals surface area contributed by atoms with Gasteiger partial charge in [0.2, 0.25) is 0 Å². The van der Waals surface area contributed by atoms with Gasteiger partial charge in [0.15, 0.2) is 0 Å². The predicted molar refractivity (Wildman–Crippen MR) is 78.6 cm³/mol. The fraction of sp³-hybridized carbons (Fsp3) is 0.600. The normalized spacial score (nSPS) is 11.9. The molecule has 0 spiro atoms. The Morgan fingerprint density at radius 1 is 0.750 bits per heavy atom. The van der Waals surface area contributed by atoms with Crippen LogP contribution in [-0.2, 0) is 14.2 Å². The summed E-state index contributed by atoms with van der Waals surface area (Å²) in [6.45, 7) is 8.91. The summed E-state index contributed by atoms with van der Waals surface area (Å²) in [5.41, 5.74) is -0.782. The summed E-state index contributed by atoms with van der Waals surface area (Å²) in [4.78, 5) is 0. The lowest BCUT2D eigenvalue weighted by Gasteiger charge is -2.28. The molecule has 0 aliphatic carbocycles. The van der Waals surface area contributed by atoms with E-state index < -0.39 is 5.41 Å². The van der Waals surface area contributed by atoms with Gasteiger partial charge in [-0.2, -0.15) is 0 Å². The maximum absolute atomic E-state index is 9.38. The summed E-state index contributed by atoms with van der Waals surface area (Å²) in [5.74, 6) is 0. The van der Waals surface area contributed by atoms with Gasteiger partial charge in [-0.25, -0.2) is 0 Å². The molecule has 0 aliphatic heterocycles. The summed E-state index contributed by atoms with van der Waals surface area (Å²) in [6, 6.07) is 0. The van der Waals surface area contributed by atoms with Crippen LogP contribution in [0.15, 0.2) is 37.5 Å². The zero-order chi connectivity index (χ0) is 15.1. The molecule has 5 nitrogen and oxygen atoms in total. The maximum Gasteiger partial charge on any atom is 0.0652 e. The van der Waals surface area contributed by atoms with Gasteiger partial charge in [0.25, 0.3) is 0 Å². The van der Waals surface area contributed by atoms with Crippen molar-refractivity contribution in [2.24, 2.45) is 5.41 Å². The third-order valence-corrected chi connectivity index (χ3v) is 2.55. The molecule has 0 atom stereocenters. The van der Waals surface area contributed by atoms with Crippen molar-refractivity contribution in [2.75, 3.05) is 52.9 Å². The SMILES string of the molecule is C=CCOCC=CCOCC(CO)(CO)COCC=C. The zero-order valence-corrected chi connectivity index (χ0v) is 12.0. The second-order valence-corrected chi connectivity index (χ2v) is 4.43. The van der Waals surface area contributed by atoms with Gasteiger partial charge >= 0.3 is 0 Å². The first kappa shape index (κ1) is 19.0. The first-order chi connectivity index (χ1) is 9.74. The highest BCUT2D eigenvalue weighted by atomic mass is 16.5. The minimum absolute atomic E-state index is 0.202. The molecule has 0 unspecified atom stereocenters. The van der Waals surface area contributed by atoms with E-state index in [4.69, 9.17) is 14.2 Å². The fourth-order valence-electron chi connectivity index (χ4n) is 1.33. The van der Waals surface area contributed by atoms with Gasteiger partial charge in [-0.3, -0.25) is 0 Å². The number of aliphatic hydroxyl groups excluding tert-OH is 2. The van der Waals surface area contributed by atoms with Crippen LogP contribution in [0.1, 0.15) is 0 Å². The van der Waals surface area contributed by atoms with Gasteiger partial charge in [-0.1, -0.05) is 24.3 Å². The monoisotopic (exact) mass is 286 g/mol. The quantitative estimate of drug-likeness (QED) is 0.367. The third kappa shape index (κ3) is 9.01. The van der Waals surface area contributed by atoms with Crippen molar-refractivity contribution in [1.29, 1.82) is 0 Å². The Bertz CT molecular complexity index is 271. The largest absolute Gasteiger partial charge is 0.396 e. The number of rotatable bonds is 14. The fourth-order valence-corrected chi connectivity index (χ4v) is 1.33. The number of ether oxygens (including phenoxy) is 3. The van der Waals surface area contributed by atoms with Gasteiger partial charge in [0.05, 0.1) is 58.3 Å². The molecule has 0 aromatic heterocycles. The first-order valence-corrected chi connectivity index (χ1v) is 6.56. The lowest BCUT2D eigenvalue weighted by Crippen LogP contribution is -2.39. The Labute approximate surface area is 121 Å². The molecule has 116 valence electrons. The molecule has 0 bridgehead atoms.